The number of para-hydroxylation sites is 1. The normalized spacial score (nSPS) is 10.9. The van der Waals surface area contributed by atoms with Gasteiger partial charge in [-0.15, -0.1) is 16.4 Å². The van der Waals surface area contributed by atoms with Crippen LogP contribution in [0.4, 0.5) is 0 Å². The summed E-state index contributed by atoms with van der Waals surface area (Å²) < 4.78 is 0. The van der Waals surface area contributed by atoms with Gasteiger partial charge in [0.1, 0.15) is 10.8 Å². The summed E-state index contributed by atoms with van der Waals surface area (Å²) in [5, 5.41) is 18.4. The van der Waals surface area contributed by atoms with E-state index in [1.165, 1.54) is 11.3 Å². The highest BCUT2D eigenvalue weighted by Gasteiger charge is 2.12. The molecule has 0 unspecified atom stereocenters. The second-order valence-corrected chi connectivity index (χ2v) is 6.99. The van der Waals surface area contributed by atoms with Crippen molar-refractivity contribution < 1.29 is 5.11 Å². The first-order valence-electron chi connectivity index (χ1n) is 8.45. The molecule has 3 aromatic rings. The largest absolute Gasteiger partial charge is 0.507 e. The van der Waals surface area contributed by atoms with E-state index in [0.29, 0.717) is 11.3 Å². The van der Waals surface area contributed by atoms with Gasteiger partial charge in [0.2, 0.25) is 5.96 Å². The number of rotatable bonds is 3. The average Bonchev–Trinajstić information content (AvgIpc) is 3.07. The van der Waals surface area contributed by atoms with Gasteiger partial charge < -0.3 is 16.6 Å². The van der Waals surface area contributed by atoms with Crippen molar-refractivity contribution in [3.63, 3.8) is 0 Å². The first-order chi connectivity index (χ1) is 13.4. The minimum absolute atomic E-state index is 0.0812. The molecule has 1 aromatic heterocycles. The lowest BCUT2D eigenvalue weighted by Gasteiger charge is -1.97. The van der Waals surface area contributed by atoms with E-state index >= 15 is 0 Å². The summed E-state index contributed by atoms with van der Waals surface area (Å²) in [5.74, 6) is 6.13. The quantitative estimate of drug-likeness (QED) is 0.276. The van der Waals surface area contributed by atoms with E-state index in [9.17, 15) is 5.11 Å². The minimum Gasteiger partial charge on any atom is -0.507 e. The number of aromatic hydroxyl groups is 1. The predicted octanol–water partition coefficient (Wildman–Crippen LogP) is 3.22. The van der Waals surface area contributed by atoms with Crippen LogP contribution in [0.25, 0.3) is 10.6 Å². The fraction of sp³-hybridized carbons (Fsp3) is 0.0952. The molecule has 0 aliphatic carbocycles. The van der Waals surface area contributed by atoms with Crippen LogP contribution in [0.2, 0.25) is 0 Å². The first-order valence-corrected chi connectivity index (χ1v) is 9.27. The van der Waals surface area contributed by atoms with E-state index in [1.54, 1.807) is 18.2 Å². The minimum atomic E-state index is -0.0812. The van der Waals surface area contributed by atoms with Crippen LogP contribution in [0, 0.1) is 18.8 Å². The molecule has 0 radical (unpaired) electrons. The zero-order chi connectivity index (χ0) is 20.1. The van der Waals surface area contributed by atoms with Crippen LogP contribution in [-0.4, -0.2) is 21.8 Å². The van der Waals surface area contributed by atoms with Crippen LogP contribution >= 0.6 is 11.3 Å². The SMILES string of the molecule is C/C(=N\N=C(N)N)c1sc(-c2ccc(C#Cc3ccccc3O)cc2)nc1C. The number of nitrogens with zero attached hydrogens (tertiary/aromatic N) is 3. The number of phenolic OH excluding ortho intramolecular Hbond substituents is 1. The van der Waals surface area contributed by atoms with Gasteiger partial charge in [0.05, 0.1) is 21.8 Å². The van der Waals surface area contributed by atoms with E-state index in [-0.39, 0.29) is 11.7 Å². The fourth-order valence-electron chi connectivity index (χ4n) is 2.45. The smallest absolute Gasteiger partial charge is 0.211 e. The van der Waals surface area contributed by atoms with Crippen LogP contribution in [0.3, 0.4) is 0 Å². The summed E-state index contributed by atoms with van der Waals surface area (Å²) in [7, 11) is 0. The van der Waals surface area contributed by atoms with Crippen LogP contribution in [0.1, 0.15) is 28.6 Å². The molecule has 0 aliphatic heterocycles. The van der Waals surface area contributed by atoms with Gasteiger partial charge in [-0.1, -0.05) is 36.1 Å². The number of hydrogen-bond donors (Lipinski definition) is 3. The summed E-state index contributed by atoms with van der Waals surface area (Å²) in [6, 6.07) is 14.8. The van der Waals surface area contributed by atoms with Crippen molar-refractivity contribution in [1.82, 2.24) is 4.98 Å². The highest BCUT2D eigenvalue weighted by atomic mass is 32.1. The van der Waals surface area contributed by atoms with E-state index in [2.05, 4.69) is 27.0 Å². The molecule has 0 saturated carbocycles. The molecule has 0 atom stereocenters. The van der Waals surface area contributed by atoms with E-state index in [4.69, 9.17) is 11.5 Å². The lowest BCUT2D eigenvalue weighted by atomic mass is 10.1. The molecule has 2 aromatic carbocycles. The van der Waals surface area contributed by atoms with Crippen molar-refractivity contribution in [2.75, 3.05) is 0 Å². The van der Waals surface area contributed by atoms with Gasteiger partial charge in [-0.05, 0) is 38.1 Å². The Balaban J connectivity index is 1.83. The van der Waals surface area contributed by atoms with E-state index in [1.807, 2.05) is 44.2 Å². The molecule has 5 N–H and O–H groups in total. The molecule has 140 valence electrons. The molecule has 0 fully saturated rings. The number of phenols is 1. The van der Waals surface area contributed by atoms with E-state index < -0.39 is 0 Å². The number of aromatic nitrogens is 1. The van der Waals surface area contributed by atoms with Gasteiger partial charge in [0.15, 0.2) is 0 Å². The second kappa shape index (κ2) is 8.37. The molecule has 3 rings (SSSR count). The van der Waals surface area contributed by atoms with Crippen molar-refractivity contribution in [1.29, 1.82) is 0 Å². The maximum absolute atomic E-state index is 9.78. The lowest BCUT2D eigenvalue weighted by Crippen LogP contribution is -2.22. The zero-order valence-electron chi connectivity index (χ0n) is 15.5. The van der Waals surface area contributed by atoms with Gasteiger partial charge in [-0.25, -0.2) is 4.98 Å². The van der Waals surface area contributed by atoms with Crippen molar-refractivity contribution >= 4 is 23.0 Å². The highest BCUT2D eigenvalue weighted by Crippen LogP contribution is 2.28. The summed E-state index contributed by atoms with van der Waals surface area (Å²) in [6.45, 7) is 3.77. The van der Waals surface area contributed by atoms with Gasteiger partial charge >= 0.3 is 0 Å². The molecule has 0 bridgehead atoms. The van der Waals surface area contributed by atoms with Crippen LogP contribution in [0.5, 0.6) is 5.75 Å². The van der Waals surface area contributed by atoms with Gasteiger partial charge in [-0.3, -0.25) is 0 Å². The third kappa shape index (κ3) is 4.55. The Bertz CT molecular complexity index is 1110. The molecular weight excluding hydrogens is 370 g/mol. The Morgan fingerprint density at radius 1 is 1.04 bits per heavy atom. The number of guanidine groups is 1. The van der Waals surface area contributed by atoms with Gasteiger partial charge in [-0.2, -0.15) is 5.10 Å². The monoisotopic (exact) mass is 389 g/mol. The van der Waals surface area contributed by atoms with Crippen molar-refractivity contribution in [3.05, 3.63) is 70.2 Å². The van der Waals surface area contributed by atoms with Gasteiger partial charge in [0.25, 0.3) is 0 Å². The Hall–Kier alpha value is -3.63. The van der Waals surface area contributed by atoms with Gasteiger partial charge in [0, 0.05) is 11.1 Å². The van der Waals surface area contributed by atoms with Crippen LogP contribution < -0.4 is 11.5 Å². The average molecular weight is 389 g/mol. The molecule has 0 amide bonds. The fourth-order valence-corrected chi connectivity index (χ4v) is 3.46. The zero-order valence-corrected chi connectivity index (χ0v) is 16.3. The van der Waals surface area contributed by atoms with Crippen LogP contribution in [-0.2, 0) is 0 Å². The second-order valence-electron chi connectivity index (χ2n) is 5.99. The lowest BCUT2D eigenvalue weighted by molar-refractivity contribution is 0.473. The summed E-state index contributed by atoms with van der Waals surface area (Å²) in [6.07, 6.45) is 0. The molecule has 0 aliphatic rings. The first kappa shape index (κ1) is 19.1. The maximum Gasteiger partial charge on any atom is 0.211 e. The standard InChI is InChI=1S/C21H19N5OS/c1-13-19(14(2)25-26-21(22)23)28-20(24-13)17-11-8-15(9-12-17)7-10-16-5-3-4-6-18(16)27/h3-6,8-9,11-12,27H,1-2H3,(H4,22,23,26)/b25-14+. The molecule has 0 spiro atoms. The summed E-state index contributed by atoms with van der Waals surface area (Å²) in [4.78, 5) is 5.56. The van der Waals surface area contributed by atoms with Crippen molar-refractivity contribution in [2.24, 2.45) is 21.7 Å². The van der Waals surface area contributed by atoms with Crippen LogP contribution in [0.15, 0.2) is 58.7 Å². The Labute approximate surface area is 167 Å². The Kier molecular flexibility index (Phi) is 5.72. The molecule has 0 saturated heterocycles. The van der Waals surface area contributed by atoms with Crippen molar-refractivity contribution in [3.8, 4) is 28.2 Å². The third-order valence-electron chi connectivity index (χ3n) is 3.82. The number of nitrogens with two attached hydrogens (primary N) is 2. The Morgan fingerprint density at radius 3 is 2.43 bits per heavy atom. The molecule has 7 heteroatoms. The number of hydrogen-bond acceptors (Lipinski definition) is 5. The summed E-state index contributed by atoms with van der Waals surface area (Å²) in [5.41, 5.74) is 14.7. The molecular formula is C21H19N5OS. The summed E-state index contributed by atoms with van der Waals surface area (Å²) >= 11 is 1.53. The number of thiazole rings is 1. The topological polar surface area (TPSA) is 110 Å². The maximum atomic E-state index is 9.78. The van der Waals surface area contributed by atoms with Crippen molar-refractivity contribution in [2.45, 2.75) is 13.8 Å². The molecule has 6 nitrogen and oxygen atoms in total. The number of benzene rings is 2. The molecule has 28 heavy (non-hydrogen) atoms. The third-order valence-corrected chi connectivity index (χ3v) is 5.13. The van der Waals surface area contributed by atoms with E-state index in [0.717, 1.165) is 26.7 Å². The highest BCUT2D eigenvalue weighted by molar-refractivity contribution is 7.17. The molecule has 1 heterocycles. The Morgan fingerprint density at radius 2 is 1.75 bits per heavy atom. The predicted molar refractivity (Wildman–Crippen MR) is 114 cm³/mol. The number of aryl methyl sites for hydroxylation is 1.